The minimum Gasteiger partial charge on any atom is -0.497 e. The molecule has 0 aliphatic carbocycles. The molecule has 1 saturated heterocycles. The van der Waals surface area contributed by atoms with Gasteiger partial charge in [-0.1, -0.05) is 34.1 Å². The molecule has 1 aliphatic rings. The van der Waals surface area contributed by atoms with E-state index in [1.165, 1.54) is 0 Å². The average molecular weight is 457 g/mol. The summed E-state index contributed by atoms with van der Waals surface area (Å²) in [5.41, 5.74) is 0.195. The first-order valence-corrected chi connectivity index (χ1v) is 9.57. The number of carbonyl (C=O) groups excluding carboxylic acids is 2. The number of imide groups is 1. The number of nitrogens with one attached hydrogen (secondary N) is 1. The molecule has 0 bridgehead atoms. The van der Waals surface area contributed by atoms with Crippen LogP contribution in [-0.2, 0) is 16.9 Å². The zero-order valence-electron chi connectivity index (χ0n) is 15.7. The highest BCUT2D eigenvalue weighted by Crippen LogP contribution is 2.34. The summed E-state index contributed by atoms with van der Waals surface area (Å²) in [6.45, 7) is 1.55. The Hall–Kier alpha value is -3.20. The number of benzene rings is 2. The van der Waals surface area contributed by atoms with Gasteiger partial charge in [-0.2, -0.15) is 0 Å². The molecule has 8 nitrogen and oxygen atoms in total. The number of ether oxygens (including phenoxy) is 1. The second-order valence-corrected chi connectivity index (χ2v) is 7.51. The lowest BCUT2D eigenvalue weighted by Gasteiger charge is -2.23. The quantitative estimate of drug-likeness (QED) is 0.590. The van der Waals surface area contributed by atoms with Gasteiger partial charge in [-0.15, -0.1) is 10.2 Å². The van der Waals surface area contributed by atoms with Crippen LogP contribution in [0.4, 0.5) is 4.79 Å². The highest BCUT2D eigenvalue weighted by molar-refractivity contribution is 9.10. The Balaban J connectivity index is 1.56. The SMILES string of the molecule is COc1ccc(-c2nnc(CN3C(=O)N[C@](C)(c4ccccc4Br)C3=O)o2)cc1. The fraction of sp³-hybridized carbons (Fsp3) is 0.200. The van der Waals surface area contributed by atoms with Crippen molar-refractivity contribution in [3.05, 3.63) is 64.5 Å². The molecule has 148 valence electrons. The molecule has 0 radical (unpaired) electrons. The van der Waals surface area contributed by atoms with Crippen LogP contribution in [0.2, 0.25) is 0 Å². The van der Waals surface area contributed by atoms with E-state index < -0.39 is 17.5 Å². The monoisotopic (exact) mass is 456 g/mol. The van der Waals surface area contributed by atoms with Gasteiger partial charge >= 0.3 is 6.03 Å². The van der Waals surface area contributed by atoms with Gasteiger partial charge < -0.3 is 14.5 Å². The van der Waals surface area contributed by atoms with Crippen molar-refractivity contribution >= 4 is 27.9 Å². The summed E-state index contributed by atoms with van der Waals surface area (Å²) >= 11 is 3.44. The summed E-state index contributed by atoms with van der Waals surface area (Å²) in [5, 5.41) is 10.7. The fourth-order valence-electron chi connectivity index (χ4n) is 3.19. The van der Waals surface area contributed by atoms with Crippen LogP contribution >= 0.6 is 15.9 Å². The summed E-state index contributed by atoms with van der Waals surface area (Å²) in [4.78, 5) is 26.6. The van der Waals surface area contributed by atoms with E-state index in [1.807, 2.05) is 18.2 Å². The van der Waals surface area contributed by atoms with Crippen LogP contribution in [-0.4, -0.2) is 34.1 Å². The van der Waals surface area contributed by atoms with E-state index in [9.17, 15) is 9.59 Å². The van der Waals surface area contributed by atoms with Crippen LogP contribution in [0, 0.1) is 0 Å². The maximum absolute atomic E-state index is 13.1. The van der Waals surface area contributed by atoms with Crippen molar-refractivity contribution in [2.45, 2.75) is 19.0 Å². The number of carbonyl (C=O) groups is 2. The number of hydrogen-bond donors (Lipinski definition) is 1. The molecular formula is C20H17BrN4O4. The minimum absolute atomic E-state index is 0.117. The molecule has 2 heterocycles. The van der Waals surface area contributed by atoms with Gasteiger partial charge in [0, 0.05) is 15.6 Å². The summed E-state index contributed by atoms with van der Waals surface area (Å²) in [6.07, 6.45) is 0. The molecule has 2 aromatic carbocycles. The van der Waals surface area contributed by atoms with Gasteiger partial charge in [-0.3, -0.25) is 9.69 Å². The Labute approximate surface area is 175 Å². The highest BCUT2D eigenvalue weighted by Gasteiger charge is 2.50. The smallest absolute Gasteiger partial charge is 0.325 e. The molecule has 0 saturated carbocycles. The van der Waals surface area contributed by atoms with E-state index in [0.29, 0.717) is 22.8 Å². The lowest BCUT2D eigenvalue weighted by atomic mass is 9.92. The second-order valence-electron chi connectivity index (χ2n) is 6.66. The number of halogens is 1. The zero-order valence-corrected chi connectivity index (χ0v) is 17.3. The van der Waals surface area contributed by atoms with Gasteiger partial charge in [0.05, 0.1) is 7.11 Å². The van der Waals surface area contributed by atoms with Gasteiger partial charge in [0.1, 0.15) is 17.8 Å². The predicted octanol–water partition coefficient (Wildman–Crippen LogP) is 3.47. The van der Waals surface area contributed by atoms with Gasteiger partial charge in [-0.05, 0) is 37.3 Å². The Kier molecular flexibility index (Phi) is 4.83. The van der Waals surface area contributed by atoms with Crippen LogP contribution < -0.4 is 10.1 Å². The normalized spacial score (nSPS) is 18.8. The fourth-order valence-corrected chi connectivity index (χ4v) is 3.87. The number of urea groups is 1. The lowest BCUT2D eigenvalue weighted by molar-refractivity contribution is -0.131. The highest BCUT2D eigenvalue weighted by atomic mass is 79.9. The van der Waals surface area contributed by atoms with Gasteiger partial charge in [0.2, 0.25) is 11.8 Å². The van der Waals surface area contributed by atoms with Gasteiger partial charge in [-0.25, -0.2) is 4.79 Å². The number of aromatic nitrogens is 2. The van der Waals surface area contributed by atoms with Crippen LogP contribution in [0.1, 0.15) is 18.4 Å². The molecule has 0 unspecified atom stereocenters. The molecule has 1 N–H and O–H groups in total. The first-order valence-electron chi connectivity index (χ1n) is 8.78. The van der Waals surface area contributed by atoms with Crippen molar-refractivity contribution in [1.29, 1.82) is 0 Å². The Morgan fingerprint density at radius 1 is 1.14 bits per heavy atom. The topological polar surface area (TPSA) is 97.6 Å². The standard InChI is InChI=1S/C20H17BrN4O4/c1-20(14-5-3-4-6-15(14)21)18(26)25(19(27)22-20)11-16-23-24-17(29-16)12-7-9-13(28-2)10-8-12/h3-10H,11H2,1-2H3,(H,22,27)/t20-/m1/s1. The predicted molar refractivity (Wildman–Crippen MR) is 107 cm³/mol. The first-order chi connectivity index (χ1) is 13.9. The molecule has 3 aromatic rings. The van der Waals surface area contributed by atoms with Crippen LogP contribution in [0.15, 0.2) is 57.4 Å². The van der Waals surface area contributed by atoms with Crippen molar-refractivity contribution in [2.75, 3.05) is 7.11 Å². The van der Waals surface area contributed by atoms with Gasteiger partial charge in [0.15, 0.2) is 0 Å². The number of nitrogens with zero attached hydrogens (tertiary/aromatic N) is 3. The van der Waals surface area contributed by atoms with Crippen molar-refractivity contribution in [1.82, 2.24) is 20.4 Å². The van der Waals surface area contributed by atoms with E-state index in [0.717, 1.165) is 9.37 Å². The molecule has 29 heavy (non-hydrogen) atoms. The van der Waals surface area contributed by atoms with Crippen LogP contribution in [0.5, 0.6) is 5.75 Å². The number of methoxy groups -OCH3 is 1. The third kappa shape index (κ3) is 3.38. The summed E-state index contributed by atoms with van der Waals surface area (Å²) < 4.78 is 11.5. The maximum Gasteiger partial charge on any atom is 0.325 e. The molecule has 4 rings (SSSR count). The maximum atomic E-state index is 13.1. The average Bonchev–Trinajstić information content (AvgIpc) is 3.28. The van der Waals surface area contributed by atoms with E-state index in [2.05, 4.69) is 31.4 Å². The molecule has 1 aliphatic heterocycles. The Bertz CT molecular complexity index is 1080. The molecule has 9 heteroatoms. The summed E-state index contributed by atoms with van der Waals surface area (Å²) in [7, 11) is 1.58. The first kappa shape index (κ1) is 19.1. The number of rotatable bonds is 5. The molecular weight excluding hydrogens is 440 g/mol. The third-order valence-corrected chi connectivity index (χ3v) is 5.48. The van der Waals surface area contributed by atoms with Crippen molar-refractivity contribution in [3.63, 3.8) is 0 Å². The largest absolute Gasteiger partial charge is 0.497 e. The Morgan fingerprint density at radius 3 is 2.55 bits per heavy atom. The molecule has 1 atom stereocenters. The van der Waals surface area contributed by atoms with E-state index >= 15 is 0 Å². The molecule has 1 fully saturated rings. The van der Waals surface area contributed by atoms with Gasteiger partial charge in [0.25, 0.3) is 5.91 Å². The van der Waals surface area contributed by atoms with Crippen molar-refractivity contribution in [3.8, 4) is 17.2 Å². The summed E-state index contributed by atoms with van der Waals surface area (Å²) in [6, 6.07) is 13.9. The number of hydrogen-bond acceptors (Lipinski definition) is 6. The van der Waals surface area contributed by atoms with Crippen LogP contribution in [0.25, 0.3) is 11.5 Å². The van der Waals surface area contributed by atoms with E-state index in [-0.39, 0.29) is 12.4 Å². The van der Waals surface area contributed by atoms with Crippen LogP contribution in [0.3, 0.4) is 0 Å². The van der Waals surface area contributed by atoms with E-state index in [1.54, 1.807) is 44.4 Å². The minimum atomic E-state index is -1.18. The molecule has 1 aromatic heterocycles. The van der Waals surface area contributed by atoms with E-state index in [4.69, 9.17) is 9.15 Å². The third-order valence-electron chi connectivity index (χ3n) is 4.78. The summed E-state index contributed by atoms with van der Waals surface area (Å²) in [5.74, 6) is 0.775. The lowest BCUT2D eigenvalue weighted by Crippen LogP contribution is -2.41. The number of amides is 3. The van der Waals surface area contributed by atoms with Crippen molar-refractivity contribution < 1.29 is 18.7 Å². The molecule has 0 spiro atoms. The Morgan fingerprint density at radius 2 is 1.86 bits per heavy atom. The second kappa shape index (κ2) is 7.32. The molecule has 3 amide bonds. The zero-order chi connectivity index (χ0) is 20.6. The van der Waals surface area contributed by atoms with Crippen molar-refractivity contribution in [2.24, 2.45) is 0 Å².